The molecule has 0 aliphatic carbocycles. The van der Waals surface area contributed by atoms with Crippen LogP contribution in [0, 0.1) is 5.41 Å². The van der Waals surface area contributed by atoms with Gasteiger partial charge >= 0.3 is 0 Å². The van der Waals surface area contributed by atoms with E-state index in [1.807, 2.05) is 6.20 Å². The second-order valence-corrected chi connectivity index (χ2v) is 9.55. The molecule has 0 spiro atoms. The molecule has 2 heteroatoms. The first-order chi connectivity index (χ1) is 15.0. The molecule has 0 atom stereocenters. The standard InChI is InChI=1S/C29H27NO/c1-29(2,3)19-21-14-15-30-25(17-21)22-12-13-26-24(18-22)28-23(10-7-11-27(28)31-26)16-20-8-5-4-6-9-20/h4-15,17-18H,16,19H2,1-3H3. The molecule has 0 aliphatic heterocycles. The normalized spacial score (nSPS) is 12.0. The summed E-state index contributed by atoms with van der Waals surface area (Å²) in [5, 5.41) is 2.36. The molecule has 0 radical (unpaired) electrons. The van der Waals surface area contributed by atoms with Crippen molar-refractivity contribution < 1.29 is 4.42 Å². The zero-order chi connectivity index (χ0) is 21.4. The maximum atomic E-state index is 6.19. The number of pyridine rings is 1. The summed E-state index contributed by atoms with van der Waals surface area (Å²) in [6, 6.07) is 27.7. The monoisotopic (exact) mass is 405 g/mol. The molecule has 154 valence electrons. The van der Waals surface area contributed by atoms with Crippen LogP contribution in [-0.4, -0.2) is 4.98 Å². The topological polar surface area (TPSA) is 26.0 Å². The third-order valence-electron chi connectivity index (χ3n) is 5.67. The highest BCUT2D eigenvalue weighted by molar-refractivity contribution is 6.08. The lowest BCUT2D eigenvalue weighted by molar-refractivity contribution is 0.411. The van der Waals surface area contributed by atoms with Crippen LogP contribution in [0.4, 0.5) is 0 Å². The summed E-state index contributed by atoms with van der Waals surface area (Å²) in [5.41, 5.74) is 8.15. The van der Waals surface area contributed by atoms with Gasteiger partial charge in [-0.05, 0) is 71.3 Å². The maximum absolute atomic E-state index is 6.19. The first-order valence-corrected chi connectivity index (χ1v) is 10.9. The molecule has 0 unspecified atom stereocenters. The number of furan rings is 1. The van der Waals surface area contributed by atoms with Gasteiger partial charge in [0.25, 0.3) is 0 Å². The number of aromatic nitrogens is 1. The van der Waals surface area contributed by atoms with Crippen LogP contribution in [0.5, 0.6) is 0 Å². The van der Waals surface area contributed by atoms with Crippen molar-refractivity contribution in [2.75, 3.05) is 0 Å². The van der Waals surface area contributed by atoms with Gasteiger partial charge in [-0.15, -0.1) is 0 Å². The highest BCUT2D eigenvalue weighted by Crippen LogP contribution is 2.35. The van der Waals surface area contributed by atoms with E-state index in [4.69, 9.17) is 4.42 Å². The quantitative estimate of drug-likeness (QED) is 0.304. The van der Waals surface area contributed by atoms with Crippen LogP contribution in [0.1, 0.15) is 37.5 Å². The molecule has 0 amide bonds. The lowest BCUT2D eigenvalue weighted by atomic mass is 9.88. The third-order valence-corrected chi connectivity index (χ3v) is 5.67. The number of hydrogen-bond donors (Lipinski definition) is 0. The van der Waals surface area contributed by atoms with Gasteiger partial charge < -0.3 is 4.42 Å². The first kappa shape index (κ1) is 19.6. The number of nitrogens with zero attached hydrogens (tertiary/aromatic N) is 1. The Hall–Kier alpha value is -3.39. The van der Waals surface area contributed by atoms with Crippen molar-refractivity contribution in [2.45, 2.75) is 33.6 Å². The molecule has 0 N–H and O–H groups in total. The van der Waals surface area contributed by atoms with Crippen molar-refractivity contribution in [3.05, 3.63) is 102 Å². The Bertz CT molecular complexity index is 1360. The number of rotatable bonds is 4. The van der Waals surface area contributed by atoms with Crippen molar-refractivity contribution in [3.8, 4) is 11.3 Å². The lowest BCUT2D eigenvalue weighted by Crippen LogP contribution is -2.09. The van der Waals surface area contributed by atoms with E-state index < -0.39 is 0 Å². The zero-order valence-electron chi connectivity index (χ0n) is 18.4. The first-order valence-electron chi connectivity index (χ1n) is 10.9. The summed E-state index contributed by atoms with van der Waals surface area (Å²) < 4.78 is 6.19. The Morgan fingerprint density at radius 1 is 0.774 bits per heavy atom. The highest BCUT2D eigenvalue weighted by Gasteiger charge is 2.15. The van der Waals surface area contributed by atoms with Gasteiger partial charge in [-0.3, -0.25) is 4.98 Å². The summed E-state index contributed by atoms with van der Waals surface area (Å²) in [6.45, 7) is 6.81. The van der Waals surface area contributed by atoms with Gasteiger partial charge in [0.15, 0.2) is 0 Å². The fourth-order valence-corrected chi connectivity index (χ4v) is 4.38. The Morgan fingerprint density at radius 2 is 1.61 bits per heavy atom. The largest absolute Gasteiger partial charge is 0.456 e. The van der Waals surface area contributed by atoms with E-state index in [2.05, 4.69) is 105 Å². The molecule has 5 aromatic rings. The van der Waals surface area contributed by atoms with Gasteiger partial charge in [0.1, 0.15) is 11.2 Å². The van der Waals surface area contributed by atoms with Gasteiger partial charge in [0.05, 0.1) is 5.69 Å². The Balaban J connectivity index is 1.61. The minimum atomic E-state index is 0.246. The van der Waals surface area contributed by atoms with E-state index in [1.165, 1.54) is 22.1 Å². The zero-order valence-corrected chi connectivity index (χ0v) is 18.4. The third kappa shape index (κ3) is 4.11. The van der Waals surface area contributed by atoms with Crippen molar-refractivity contribution in [3.63, 3.8) is 0 Å². The molecule has 2 nitrogen and oxygen atoms in total. The molecule has 2 heterocycles. The van der Waals surface area contributed by atoms with Gasteiger partial charge in [-0.1, -0.05) is 63.2 Å². The maximum Gasteiger partial charge on any atom is 0.135 e. The molecular formula is C29H27NO. The second kappa shape index (κ2) is 7.70. The molecule has 0 saturated carbocycles. The molecule has 0 fully saturated rings. The van der Waals surface area contributed by atoms with E-state index in [0.717, 1.165) is 40.7 Å². The molecule has 31 heavy (non-hydrogen) atoms. The van der Waals surface area contributed by atoms with Crippen LogP contribution in [0.15, 0.2) is 89.5 Å². The minimum absolute atomic E-state index is 0.246. The van der Waals surface area contributed by atoms with Gasteiger partial charge in [-0.2, -0.15) is 0 Å². The van der Waals surface area contributed by atoms with Crippen molar-refractivity contribution in [1.82, 2.24) is 4.98 Å². The molecule has 0 aliphatic rings. The fraction of sp³-hybridized carbons (Fsp3) is 0.207. The molecule has 3 aromatic carbocycles. The van der Waals surface area contributed by atoms with Crippen molar-refractivity contribution in [1.29, 1.82) is 0 Å². The van der Waals surface area contributed by atoms with Crippen LogP contribution in [0.2, 0.25) is 0 Å². The fourth-order valence-electron chi connectivity index (χ4n) is 4.38. The molecular weight excluding hydrogens is 378 g/mol. The predicted octanol–water partition coefficient (Wildman–Crippen LogP) is 7.83. The van der Waals surface area contributed by atoms with Crippen LogP contribution in [-0.2, 0) is 12.8 Å². The number of hydrogen-bond acceptors (Lipinski definition) is 2. The summed E-state index contributed by atoms with van der Waals surface area (Å²) in [5.74, 6) is 0. The second-order valence-electron chi connectivity index (χ2n) is 9.55. The Kier molecular flexibility index (Phi) is 4.86. The Morgan fingerprint density at radius 3 is 2.42 bits per heavy atom. The van der Waals surface area contributed by atoms with Crippen molar-refractivity contribution in [2.24, 2.45) is 5.41 Å². The predicted molar refractivity (Wildman–Crippen MR) is 129 cm³/mol. The number of benzene rings is 3. The summed E-state index contributed by atoms with van der Waals surface area (Å²) in [6.07, 6.45) is 3.84. The van der Waals surface area contributed by atoms with E-state index in [0.29, 0.717) is 0 Å². The van der Waals surface area contributed by atoms with Gasteiger partial charge in [0, 0.05) is 22.5 Å². The smallest absolute Gasteiger partial charge is 0.135 e. The summed E-state index contributed by atoms with van der Waals surface area (Å²) in [7, 11) is 0. The van der Waals surface area contributed by atoms with Crippen LogP contribution >= 0.6 is 0 Å². The molecule has 0 bridgehead atoms. The molecule has 2 aromatic heterocycles. The summed E-state index contributed by atoms with van der Waals surface area (Å²) >= 11 is 0. The average molecular weight is 406 g/mol. The van der Waals surface area contributed by atoms with E-state index in [9.17, 15) is 0 Å². The van der Waals surface area contributed by atoms with Crippen LogP contribution in [0.3, 0.4) is 0 Å². The van der Waals surface area contributed by atoms with E-state index in [1.54, 1.807) is 0 Å². The van der Waals surface area contributed by atoms with E-state index >= 15 is 0 Å². The summed E-state index contributed by atoms with van der Waals surface area (Å²) in [4.78, 5) is 4.67. The minimum Gasteiger partial charge on any atom is -0.456 e. The molecule has 5 rings (SSSR count). The van der Waals surface area contributed by atoms with Gasteiger partial charge in [-0.25, -0.2) is 0 Å². The lowest BCUT2D eigenvalue weighted by Gasteiger charge is -2.18. The molecule has 0 saturated heterocycles. The number of fused-ring (bicyclic) bond motifs is 3. The van der Waals surface area contributed by atoms with E-state index in [-0.39, 0.29) is 5.41 Å². The van der Waals surface area contributed by atoms with Crippen LogP contribution in [0.25, 0.3) is 33.2 Å². The van der Waals surface area contributed by atoms with Crippen molar-refractivity contribution >= 4 is 21.9 Å². The van der Waals surface area contributed by atoms with Crippen LogP contribution < -0.4 is 0 Å². The van der Waals surface area contributed by atoms with Gasteiger partial charge in [0.2, 0.25) is 0 Å². The SMILES string of the molecule is CC(C)(C)Cc1ccnc(-c2ccc3oc4cccc(Cc5ccccc5)c4c3c2)c1. The highest BCUT2D eigenvalue weighted by atomic mass is 16.3. The average Bonchev–Trinajstić information content (AvgIpc) is 3.12. The Labute approximate surface area is 183 Å².